The van der Waals surface area contributed by atoms with Crippen molar-refractivity contribution < 1.29 is 9.84 Å². The van der Waals surface area contributed by atoms with Crippen molar-refractivity contribution >= 4 is 0 Å². The summed E-state index contributed by atoms with van der Waals surface area (Å²) in [6.07, 6.45) is 2.56. The third-order valence-corrected chi connectivity index (χ3v) is 2.45. The minimum atomic E-state index is -0.663. The Hall–Kier alpha value is -2.38. The minimum Gasteiger partial charge on any atom is -0.455 e. The molecule has 0 saturated heterocycles. The van der Waals surface area contributed by atoms with Gasteiger partial charge in [0.05, 0.1) is 23.9 Å². The maximum atomic E-state index is 9.67. The summed E-state index contributed by atoms with van der Waals surface area (Å²) in [4.78, 5) is 3.95. The fourth-order valence-electron chi connectivity index (χ4n) is 1.57. The molecule has 4 nitrogen and oxygen atoms in total. The molecular formula is C14H12N2O2. The van der Waals surface area contributed by atoms with E-state index in [1.807, 2.05) is 6.07 Å². The molecule has 18 heavy (non-hydrogen) atoms. The number of hydrogen-bond donors (Lipinski definition) is 1. The number of ether oxygens (including phenoxy) is 1. The van der Waals surface area contributed by atoms with E-state index in [4.69, 9.17) is 10.00 Å². The summed E-state index contributed by atoms with van der Waals surface area (Å²) in [5.74, 6) is 1.03. The van der Waals surface area contributed by atoms with Crippen molar-refractivity contribution in [2.75, 3.05) is 0 Å². The highest BCUT2D eigenvalue weighted by Crippen LogP contribution is 2.30. The van der Waals surface area contributed by atoms with Crippen molar-refractivity contribution in [3.05, 3.63) is 53.9 Å². The lowest BCUT2D eigenvalue weighted by molar-refractivity contribution is 0.195. The Morgan fingerprint density at radius 2 is 2.22 bits per heavy atom. The number of nitriles is 1. The predicted octanol–water partition coefficient (Wildman–Crippen LogP) is 2.80. The number of aliphatic hydroxyl groups is 1. The van der Waals surface area contributed by atoms with Crippen molar-refractivity contribution in [1.29, 1.82) is 5.26 Å². The van der Waals surface area contributed by atoms with Crippen LogP contribution in [-0.2, 0) is 0 Å². The Morgan fingerprint density at radius 3 is 2.83 bits per heavy atom. The van der Waals surface area contributed by atoms with Crippen LogP contribution in [0.25, 0.3) is 0 Å². The molecule has 0 amide bonds. The molecular weight excluding hydrogens is 228 g/mol. The zero-order valence-corrected chi connectivity index (χ0v) is 9.87. The van der Waals surface area contributed by atoms with Gasteiger partial charge in [-0.3, -0.25) is 4.98 Å². The first kappa shape index (κ1) is 12.1. The van der Waals surface area contributed by atoms with Gasteiger partial charge in [0.2, 0.25) is 0 Å². The van der Waals surface area contributed by atoms with Crippen LogP contribution in [0, 0.1) is 11.3 Å². The summed E-state index contributed by atoms with van der Waals surface area (Å²) in [6, 6.07) is 10.5. The topological polar surface area (TPSA) is 66.1 Å². The molecule has 2 aromatic rings. The molecule has 1 N–H and O–H groups in total. The van der Waals surface area contributed by atoms with Crippen LogP contribution >= 0.6 is 0 Å². The van der Waals surface area contributed by atoms with E-state index >= 15 is 0 Å². The molecule has 0 radical (unpaired) electrons. The fraction of sp³-hybridized carbons (Fsp3) is 0.143. The van der Waals surface area contributed by atoms with E-state index in [1.165, 1.54) is 0 Å². The Morgan fingerprint density at radius 1 is 1.39 bits per heavy atom. The van der Waals surface area contributed by atoms with E-state index in [1.54, 1.807) is 49.6 Å². The maximum absolute atomic E-state index is 9.67. The van der Waals surface area contributed by atoms with Crippen LogP contribution in [-0.4, -0.2) is 10.1 Å². The van der Waals surface area contributed by atoms with Gasteiger partial charge in [-0.1, -0.05) is 6.07 Å². The lowest BCUT2D eigenvalue weighted by atomic mass is 10.1. The van der Waals surface area contributed by atoms with Gasteiger partial charge >= 0.3 is 0 Å². The van der Waals surface area contributed by atoms with E-state index in [2.05, 4.69) is 4.98 Å². The van der Waals surface area contributed by atoms with Gasteiger partial charge in [-0.05, 0) is 31.2 Å². The van der Waals surface area contributed by atoms with Crippen LogP contribution in [0.5, 0.6) is 11.5 Å². The van der Waals surface area contributed by atoms with Crippen molar-refractivity contribution in [3.8, 4) is 17.6 Å². The molecule has 0 aliphatic carbocycles. The van der Waals surface area contributed by atoms with Crippen molar-refractivity contribution in [2.24, 2.45) is 0 Å². The molecule has 0 aliphatic rings. The average molecular weight is 240 g/mol. The van der Waals surface area contributed by atoms with Gasteiger partial charge in [-0.15, -0.1) is 0 Å². The molecule has 2 rings (SSSR count). The molecule has 90 valence electrons. The van der Waals surface area contributed by atoms with Crippen LogP contribution in [0.1, 0.15) is 24.2 Å². The zero-order chi connectivity index (χ0) is 13.0. The van der Waals surface area contributed by atoms with E-state index in [0.717, 1.165) is 0 Å². The van der Waals surface area contributed by atoms with E-state index in [-0.39, 0.29) is 0 Å². The molecule has 0 saturated carbocycles. The van der Waals surface area contributed by atoms with Crippen molar-refractivity contribution in [2.45, 2.75) is 13.0 Å². The normalized spacial score (nSPS) is 11.6. The second-order valence-electron chi connectivity index (χ2n) is 3.83. The summed E-state index contributed by atoms with van der Waals surface area (Å²) in [5, 5.41) is 18.5. The molecule has 1 atom stereocenters. The van der Waals surface area contributed by atoms with Gasteiger partial charge < -0.3 is 9.84 Å². The molecule has 1 aromatic heterocycles. The van der Waals surface area contributed by atoms with Gasteiger partial charge in [0.25, 0.3) is 0 Å². The fourth-order valence-corrected chi connectivity index (χ4v) is 1.57. The van der Waals surface area contributed by atoms with Crippen LogP contribution in [0.4, 0.5) is 0 Å². The van der Waals surface area contributed by atoms with Crippen molar-refractivity contribution in [3.63, 3.8) is 0 Å². The third kappa shape index (κ3) is 2.65. The van der Waals surface area contributed by atoms with Crippen LogP contribution in [0.2, 0.25) is 0 Å². The number of rotatable bonds is 3. The number of aliphatic hydroxyl groups excluding tert-OH is 1. The first-order valence-electron chi connectivity index (χ1n) is 5.50. The molecule has 0 fully saturated rings. The van der Waals surface area contributed by atoms with E-state index < -0.39 is 6.10 Å². The number of hydrogen-bond acceptors (Lipinski definition) is 4. The van der Waals surface area contributed by atoms with Crippen LogP contribution in [0.15, 0.2) is 42.7 Å². The SMILES string of the molecule is C[C@@H](O)c1ccc(C#N)cc1Oc1cccnc1. The summed E-state index contributed by atoms with van der Waals surface area (Å²) < 4.78 is 5.64. The Balaban J connectivity index is 2.39. The molecule has 0 aliphatic heterocycles. The number of nitrogens with zero attached hydrogens (tertiary/aromatic N) is 2. The molecule has 0 bridgehead atoms. The Kier molecular flexibility index (Phi) is 3.56. The lowest BCUT2D eigenvalue weighted by Gasteiger charge is -2.13. The van der Waals surface area contributed by atoms with Gasteiger partial charge in [-0.25, -0.2) is 0 Å². The summed E-state index contributed by atoms with van der Waals surface area (Å²) in [5.41, 5.74) is 1.12. The van der Waals surface area contributed by atoms with Gasteiger partial charge in [0, 0.05) is 11.8 Å². The smallest absolute Gasteiger partial charge is 0.145 e. The zero-order valence-electron chi connectivity index (χ0n) is 9.87. The van der Waals surface area contributed by atoms with E-state index in [0.29, 0.717) is 22.6 Å². The highest BCUT2D eigenvalue weighted by molar-refractivity contribution is 5.45. The second-order valence-corrected chi connectivity index (χ2v) is 3.83. The third-order valence-electron chi connectivity index (χ3n) is 2.45. The standard InChI is InChI=1S/C14H12N2O2/c1-10(17)13-5-4-11(8-15)7-14(13)18-12-3-2-6-16-9-12/h2-7,9-10,17H,1H3/t10-/m1/s1. The minimum absolute atomic E-state index is 0.469. The predicted molar refractivity (Wildman–Crippen MR) is 66.1 cm³/mol. The maximum Gasteiger partial charge on any atom is 0.145 e. The molecule has 4 heteroatoms. The monoisotopic (exact) mass is 240 g/mol. The number of benzene rings is 1. The Bertz CT molecular complexity index is 574. The van der Waals surface area contributed by atoms with E-state index in [9.17, 15) is 5.11 Å². The van der Waals surface area contributed by atoms with Gasteiger partial charge in [0.15, 0.2) is 0 Å². The second kappa shape index (κ2) is 5.30. The molecule has 1 heterocycles. The quantitative estimate of drug-likeness (QED) is 0.895. The Labute approximate surface area is 105 Å². The van der Waals surface area contributed by atoms with Gasteiger partial charge in [0.1, 0.15) is 11.5 Å². The lowest BCUT2D eigenvalue weighted by Crippen LogP contribution is -1.97. The highest BCUT2D eigenvalue weighted by Gasteiger charge is 2.11. The highest BCUT2D eigenvalue weighted by atomic mass is 16.5. The van der Waals surface area contributed by atoms with Crippen LogP contribution in [0.3, 0.4) is 0 Å². The first-order chi connectivity index (χ1) is 8.70. The van der Waals surface area contributed by atoms with Crippen LogP contribution < -0.4 is 4.74 Å². The molecule has 0 spiro atoms. The number of aromatic nitrogens is 1. The largest absolute Gasteiger partial charge is 0.455 e. The van der Waals surface area contributed by atoms with Crippen molar-refractivity contribution in [1.82, 2.24) is 4.98 Å². The van der Waals surface area contributed by atoms with Gasteiger partial charge in [-0.2, -0.15) is 5.26 Å². The molecule has 0 unspecified atom stereocenters. The first-order valence-corrected chi connectivity index (χ1v) is 5.50. The average Bonchev–Trinajstić information content (AvgIpc) is 2.39. The summed E-state index contributed by atoms with van der Waals surface area (Å²) in [7, 11) is 0. The molecule has 1 aromatic carbocycles. The number of pyridine rings is 1. The summed E-state index contributed by atoms with van der Waals surface area (Å²) >= 11 is 0. The summed E-state index contributed by atoms with van der Waals surface area (Å²) in [6.45, 7) is 1.65.